The Kier molecular flexibility index (Phi) is 4.16. The molecule has 1 atom stereocenters. The lowest BCUT2D eigenvalue weighted by atomic mass is 10.1. The largest absolute Gasteiger partial charge is 0.335 e. The molecule has 2 aromatic carbocycles. The van der Waals surface area contributed by atoms with E-state index in [9.17, 15) is 14.4 Å². The number of carbonyl (C=O) groups excluding carboxylic acids is 3. The molecular weight excluding hydrogens is 330 g/mol. The van der Waals surface area contributed by atoms with E-state index in [1.54, 1.807) is 0 Å². The molecule has 2 aliphatic rings. The third-order valence-corrected chi connectivity index (χ3v) is 4.89. The monoisotopic (exact) mass is 349 g/mol. The number of benzene rings is 2. The topological polar surface area (TPSA) is 69.7 Å². The summed E-state index contributed by atoms with van der Waals surface area (Å²) in [6.07, 6.45) is 1.65. The number of urea groups is 2. The van der Waals surface area contributed by atoms with E-state index < -0.39 is 18.0 Å². The van der Waals surface area contributed by atoms with E-state index in [0.717, 1.165) is 28.9 Å². The molecular formula is C20H19N3O3. The van der Waals surface area contributed by atoms with Crippen molar-refractivity contribution < 1.29 is 14.4 Å². The summed E-state index contributed by atoms with van der Waals surface area (Å²) in [5, 5.41) is 2.84. The van der Waals surface area contributed by atoms with Crippen molar-refractivity contribution in [2.75, 3.05) is 6.54 Å². The SMILES string of the molecule is O=C1CN(Cc2ccccc2)C(=O)N1C(=O)N[C@H]1CCc2ccccc21. The van der Waals surface area contributed by atoms with Crippen LogP contribution in [0.15, 0.2) is 54.6 Å². The molecule has 1 saturated heterocycles. The maximum atomic E-state index is 12.6. The highest BCUT2D eigenvalue weighted by Gasteiger charge is 2.41. The van der Waals surface area contributed by atoms with E-state index in [1.807, 2.05) is 54.6 Å². The van der Waals surface area contributed by atoms with Gasteiger partial charge in [0.25, 0.3) is 5.91 Å². The number of amides is 5. The molecule has 1 N–H and O–H groups in total. The molecule has 2 aromatic rings. The van der Waals surface area contributed by atoms with Crippen LogP contribution in [0.25, 0.3) is 0 Å². The molecule has 0 unspecified atom stereocenters. The van der Waals surface area contributed by atoms with Gasteiger partial charge < -0.3 is 10.2 Å². The second-order valence-electron chi connectivity index (χ2n) is 6.59. The molecule has 0 aromatic heterocycles. The third kappa shape index (κ3) is 2.94. The van der Waals surface area contributed by atoms with Crippen LogP contribution in [0.1, 0.15) is 29.2 Å². The molecule has 0 saturated carbocycles. The zero-order valence-corrected chi connectivity index (χ0v) is 14.2. The number of imide groups is 3. The molecule has 0 spiro atoms. The van der Waals surface area contributed by atoms with E-state index >= 15 is 0 Å². The Morgan fingerprint density at radius 1 is 1.04 bits per heavy atom. The van der Waals surface area contributed by atoms with Gasteiger partial charge in [-0.1, -0.05) is 54.6 Å². The van der Waals surface area contributed by atoms with Crippen LogP contribution in [-0.4, -0.2) is 34.3 Å². The van der Waals surface area contributed by atoms with Crippen LogP contribution in [0.3, 0.4) is 0 Å². The van der Waals surface area contributed by atoms with Gasteiger partial charge in [0.1, 0.15) is 6.54 Å². The molecule has 6 heteroatoms. The van der Waals surface area contributed by atoms with Gasteiger partial charge in [-0.25, -0.2) is 9.59 Å². The van der Waals surface area contributed by atoms with Crippen LogP contribution in [0, 0.1) is 0 Å². The molecule has 0 bridgehead atoms. The zero-order chi connectivity index (χ0) is 18.1. The first kappa shape index (κ1) is 16.3. The number of hydrogen-bond donors (Lipinski definition) is 1. The predicted octanol–water partition coefficient (Wildman–Crippen LogP) is 2.85. The van der Waals surface area contributed by atoms with Crippen molar-refractivity contribution in [3.8, 4) is 0 Å². The van der Waals surface area contributed by atoms with Crippen LogP contribution in [0.5, 0.6) is 0 Å². The second kappa shape index (κ2) is 6.63. The first-order valence-electron chi connectivity index (χ1n) is 8.67. The van der Waals surface area contributed by atoms with Crippen LogP contribution in [0.2, 0.25) is 0 Å². The summed E-state index contributed by atoms with van der Waals surface area (Å²) in [5.41, 5.74) is 3.17. The fourth-order valence-electron chi connectivity index (χ4n) is 3.60. The maximum absolute atomic E-state index is 12.6. The highest BCUT2D eigenvalue weighted by Crippen LogP contribution is 2.31. The summed E-state index contributed by atoms with van der Waals surface area (Å²) in [4.78, 5) is 39.5. The van der Waals surface area contributed by atoms with Gasteiger partial charge in [0.2, 0.25) is 0 Å². The van der Waals surface area contributed by atoms with E-state index in [-0.39, 0.29) is 12.6 Å². The van der Waals surface area contributed by atoms with Gasteiger partial charge in [-0.15, -0.1) is 0 Å². The van der Waals surface area contributed by atoms with Gasteiger partial charge >= 0.3 is 12.1 Å². The Morgan fingerprint density at radius 2 is 1.77 bits per heavy atom. The van der Waals surface area contributed by atoms with Crippen molar-refractivity contribution in [1.82, 2.24) is 15.1 Å². The first-order valence-corrected chi connectivity index (χ1v) is 8.67. The fraction of sp³-hybridized carbons (Fsp3) is 0.250. The summed E-state index contributed by atoms with van der Waals surface area (Å²) in [6, 6.07) is 15.9. The molecule has 26 heavy (non-hydrogen) atoms. The predicted molar refractivity (Wildman–Crippen MR) is 95.1 cm³/mol. The van der Waals surface area contributed by atoms with Gasteiger partial charge in [-0.05, 0) is 29.5 Å². The molecule has 1 heterocycles. The highest BCUT2D eigenvalue weighted by atomic mass is 16.2. The summed E-state index contributed by atoms with van der Waals surface area (Å²) in [7, 11) is 0. The number of fused-ring (bicyclic) bond motifs is 1. The Morgan fingerprint density at radius 3 is 2.58 bits per heavy atom. The number of hydrogen-bond acceptors (Lipinski definition) is 3. The maximum Gasteiger partial charge on any atom is 0.335 e. The van der Waals surface area contributed by atoms with Gasteiger partial charge in [0.15, 0.2) is 0 Å². The van der Waals surface area contributed by atoms with Crippen molar-refractivity contribution in [1.29, 1.82) is 0 Å². The zero-order valence-electron chi connectivity index (χ0n) is 14.2. The summed E-state index contributed by atoms with van der Waals surface area (Å²) in [5.74, 6) is -0.491. The highest BCUT2D eigenvalue weighted by molar-refractivity contribution is 6.14. The normalized spacial score (nSPS) is 19.0. The van der Waals surface area contributed by atoms with Crippen LogP contribution < -0.4 is 5.32 Å². The van der Waals surface area contributed by atoms with E-state index in [0.29, 0.717) is 6.54 Å². The molecule has 132 valence electrons. The van der Waals surface area contributed by atoms with Gasteiger partial charge in [-0.3, -0.25) is 4.79 Å². The summed E-state index contributed by atoms with van der Waals surface area (Å²) >= 11 is 0. The smallest absolute Gasteiger partial charge is 0.330 e. The van der Waals surface area contributed by atoms with E-state index in [2.05, 4.69) is 5.32 Å². The van der Waals surface area contributed by atoms with Crippen LogP contribution >= 0.6 is 0 Å². The molecule has 1 fully saturated rings. The van der Waals surface area contributed by atoms with Gasteiger partial charge in [0, 0.05) is 6.54 Å². The van der Waals surface area contributed by atoms with Crippen molar-refractivity contribution in [3.05, 3.63) is 71.3 Å². The van der Waals surface area contributed by atoms with Gasteiger partial charge in [0.05, 0.1) is 6.04 Å². The third-order valence-electron chi connectivity index (χ3n) is 4.89. The minimum atomic E-state index is -0.641. The van der Waals surface area contributed by atoms with Crippen LogP contribution in [-0.2, 0) is 17.8 Å². The molecule has 0 radical (unpaired) electrons. The minimum absolute atomic E-state index is 0.0810. The number of nitrogens with zero attached hydrogens (tertiary/aromatic N) is 2. The number of carbonyl (C=O) groups is 3. The number of rotatable bonds is 3. The quantitative estimate of drug-likeness (QED) is 0.866. The lowest BCUT2D eigenvalue weighted by Crippen LogP contribution is -2.45. The summed E-state index contributed by atoms with van der Waals surface area (Å²) in [6.45, 7) is 0.226. The van der Waals surface area contributed by atoms with Crippen LogP contribution in [0.4, 0.5) is 9.59 Å². The van der Waals surface area contributed by atoms with Crippen molar-refractivity contribution >= 4 is 18.0 Å². The molecule has 4 rings (SSSR count). The molecule has 1 aliphatic heterocycles. The van der Waals surface area contributed by atoms with Crippen molar-refractivity contribution in [2.45, 2.75) is 25.4 Å². The van der Waals surface area contributed by atoms with E-state index in [4.69, 9.17) is 0 Å². The summed E-state index contributed by atoms with van der Waals surface area (Å²) < 4.78 is 0. The minimum Gasteiger partial charge on any atom is -0.330 e. The van der Waals surface area contributed by atoms with Crippen molar-refractivity contribution in [3.63, 3.8) is 0 Å². The molecule has 5 amide bonds. The number of nitrogens with one attached hydrogen (secondary N) is 1. The molecule has 6 nitrogen and oxygen atoms in total. The standard InChI is InChI=1S/C20H19N3O3/c24-18-13-22(12-14-6-2-1-3-7-14)20(26)23(18)19(25)21-17-11-10-15-8-4-5-9-16(15)17/h1-9,17H,10-13H2,(H,21,25)/t17-/m0/s1. The number of aryl methyl sites for hydroxylation is 1. The lowest BCUT2D eigenvalue weighted by molar-refractivity contribution is -0.123. The van der Waals surface area contributed by atoms with E-state index in [1.165, 1.54) is 10.5 Å². The average Bonchev–Trinajstić information content (AvgIpc) is 3.17. The lowest BCUT2D eigenvalue weighted by Gasteiger charge is -2.19. The van der Waals surface area contributed by atoms with Gasteiger partial charge in [-0.2, -0.15) is 4.90 Å². The second-order valence-corrected chi connectivity index (χ2v) is 6.59. The fourth-order valence-corrected chi connectivity index (χ4v) is 3.60. The Hall–Kier alpha value is -3.15. The van der Waals surface area contributed by atoms with Crippen molar-refractivity contribution in [2.24, 2.45) is 0 Å². The first-order chi connectivity index (χ1) is 12.6. The Labute approximate surface area is 151 Å². The Balaban J connectivity index is 1.45. The Bertz CT molecular complexity index is 866. The average molecular weight is 349 g/mol. The molecule has 1 aliphatic carbocycles.